The second kappa shape index (κ2) is 6.66. The Kier molecular flexibility index (Phi) is 5.18. The van der Waals surface area contributed by atoms with Crippen LogP contribution >= 0.6 is 15.9 Å². The Morgan fingerprint density at radius 1 is 1.56 bits per heavy atom. The lowest BCUT2D eigenvalue weighted by molar-refractivity contribution is -0.00639. The van der Waals surface area contributed by atoms with E-state index in [1.165, 1.54) is 0 Å². The SMILES string of the molecule is CC1COCCN1CCC(O)c1cccc(Br)c1. The highest BCUT2D eigenvalue weighted by atomic mass is 79.9. The molecule has 4 heteroatoms. The monoisotopic (exact) mass is 313 g/mol. The van der Waals surface area contributed by atoms with E-state index in [4.69, 9.17) is 4.74 Å². The van der Waals surface area contributed by atoms with E-state index in [1.54, 1.807) is 0 Å². The van der Waals surface area contributed by atoms with Gasteiger partial charge in [-0.3, -0.25) is 4.90 Å². The second-order valence-corrected chi connectivity index (χ2v) is 5.74. The third kappa shape index (κ3) is 3.79. The predicted octanol–water partition coefficient (Wildman–Crippen LogP) is 2.59. The maximum absolute atomic E-state index is 10.2. The molecule has 18 heavy (non-hydrogen) atoms. The molecule has 1 fully saturated rings. The summed E-state index contributed by atoms with van der Waals surface area (Å²) in [4.78, 5) is 2.38. The molecular weight excluding hydrogens is 294 g/mol. The normalized spacial score (nSPS) is 22.9. The van der Waals surface area contributed by atoms with Gasteiger partial charge in [-0.05, 0) is 31.0 Å². The Morgan fingerprint density at radius 2 is 2.39 bits per heavy atom. The van der Waals surface area contributed by atoms with Gasteiger partial charge >= 0.3 is 0 Å². The molecule has 0 aliphatic carbocycles. The number of morpholine rings is 1. The average molecular weight is 314 g/mol. The fourth-order valence-electron chi connectivity index (χ4n) is 2.26. The van der Waals surface area contributed by atoms with Crippen molar-refractivity contribution in [2.45, 2.75) is 25.5 Å². The first kappa shape index (κ1) is 14.0. The summed E-state index contributed by atoms with van der Waals surface area (Å²) in [6.45, 7) is 5.65. The molecule has 1 aromatic carbocycles. The number of hydrogen-bond acceptors (Lipinski definition) is 3. The Labute approximate surface area is 117 Å². The van der Waals surface area contributed by atoms with E-state index >= 15 is 0 Å². The molecule has 2 atom stereocenters. The molecule has 1 saturated heterocycles. The smallest absolute Gasteiger partial charge is 0.0802 e. The molecular formula is C14H20BrNO2. The van der Waals surface area contributed by atoms with Gasteiger partial charge in [-0.2, -0.15) is 0 Å². The van der Waals surface area contributed by atoms with Crippen molar-refractivity contribution in [2.75, 3.05) is 26.3 Å². The summed E-state index contributed by atoms with van der Waals surface area (Å²) < 4.78 is 6.42. The van der Waals surface area contributed by atoms with Gasteiger partial charge < -0.3 is 9.84 Å². The van der Waals surface area contributed by atoms with Crippen molar-refractivity contribution < 1.29 is 9.84 Å². The fraction of sp³-hybridized carbons (Fsp3) is 0.571. The molecule has 0 aromatic heterocycles. The number of aliphatic hydroxyl groups excluding tert-OH is 1. The molecule has 1 N–H and O–H groups in total. The number of benzene rings is 1. The molecule has 1 heterocycles. The first-order chi connectivity index (χ1) is 8.66. The average Bonchev–Trinajstić information content (AvgIpc) is 2.37. The van der Waals surface area contributed by atoms with Crippen LogP contribution in [-0.2, 0) is 4.74 Å². The first-order valence-corrected chi connectivity index (χ1v) is 7.21. The number of rotatable bonds is 4. The van der Waals surface area contributed by atoms with E-state index in [0.29, 0.717) is 6.04 Å². The van der Waals surface area contributed by atoms with Crippen LogP contribution in [0.2, 0.25) is 0 Å². The van der Waals surface area contributed by atoms with Crippen molar-refractivity contribution in [1.29, 1.82) is 0 Å². The Hall–Kier alpha value is -0.420. The van der Waals surface area contributed by atoms with Gasteiger partial charge in [0.05, 0.1) is 19.3 Å². The van der Waals surface area contributed by atoms with E-state index < -0.39 is 6.10 Å². The van der Waals surface area contributed by atoms with Gasteiger partial charge in [-0.15, -0.1) is 0 Å². The van der Waals surface area contributed by atoms with Crippen molar-refractivity contribution in [2.24, 2.45) is 0 Å². The molecule has 100 valence electrons. The van der Waals surface area contributed by atoms with Gasteiger partial charge in [0.2, 0.25) is 0 Å². The highest BCUT2D eigenvalue weighted by Gasteiger charge is 2.19. The highest BCUT2D eigenvalue weighted by Crippen LogP contribution is 2.21. The minimum Gasteiger partial charge on any atom is -0.388 e. The van der Waals surface area contributed by atoms with Crippen LogP contribution in [0.25, 0.3) is 0 Å². The largest absolute Gasteiger partial charge is 0.388 e. The molecule has 2 rings (SSSR count). The quantitative estimate of drug-likeness (QED) is 0.927. The number of nitrogens with zero attached hydrogens (tertiary/aromatic N) is 1. The van der Waals surface area contributed by atoms with Gasteiger partial charge in [-0.25, -0.2) is 0 Å². The van der Waals surface area contributed by atoms with E-state index in [9.17, 15) is 5.11 Å². The van der Waals surface area contributed by atoms with Crippen LogP contribution in [-0.4, -0.2) is 42.4 Å². The third-order valence-corrected chi connectivity index (χ3v) is 3.92. The van der Waals surface area contributed by atoms with Crippen LogP contribution in [0.5, 0.6) is 0 Å². The van der Waals surface area contributed by atoms with Crippen molar-refractivity contribution in [3.8, 4) is 0 Å². The molecule has 1 aliphatic rings. The summed E-state index contributed by atoms with van der Waals surface area (Å²) in [7, 11) is 0. The topological polar surface area (TPSA) is 32.7 Å². The number of halogens is 1. The summed E-state index contributed by atoms with van der Waals surface area (Å²) in [5.41, 5.74) is 0.977. The second-order valence-electron chi connectivity index (χ2n) is 4.82. The first-order valence-electron chi connectivity index (χ1n) is 6.42. The Morgan fingerprint density at radius 3 is 3.11 bits per heavy atom. The zero-order valence-electron chi connectivity index (χ0n) is 10.7. The summed E-state index contributed by atoms with van der Waals surface area (Å²) in [6.07, 6.45) is 0.374. The molecule has 1 aliphatic heterocycles. The molecule has 1 aromatic rings. The van der Waals surface area contributed by atoms with E-state index in [-0.39, 0.29) is 0 Å². The summed E-state index contributed by atoms with van der Waals surface area (Å²) in [5.74, 6) is 0. The van der Waals surface area contributed by atoms with Crippen LogP contribution in [0.15, 0.2) is 28.7 Å². The molecule has 2 unspecified atom stereocenters. The summed E-state index contributed by atoms with van der Waals surface area (Å²) >= 11 is 3.43. The predicted molar refractivity (Wildman–Crippen MR) is 75.6 cm³/mol. The molecule has 0 radical (unpaired) electrons. The van der Waals surface area contributed by atoms with Gasteiger partial charge in [-0.1, -0.05) is 28.1 Å². The number of aliphatic hydroxyl groups is 1. The minimum atomic E-state index is -0.391. The molecule has 0 spiro atoms. The van der Waals surface area contributed by atoms with Gasteiger partial charge in [0.25, 0.3) is 0 Å². The van der Waals surface area contributed by atoms with E-state index in [1.807, 2.05) is 24.3 Å². The van der Waals surface area contributed by atoms with Crippen LogP contribution in [0.3, 0.4) is 0 Å². The minimum absolute atomic E-state index is 0.391. The van der Waals surface area contributed by atoms with Crippen LogP contribution in [0, 0.1) is 0 Å². The maximum atomic E-state index is 10.2. The van der Waals surface area contributed by atoms with Crippen molar-refractivity contribution >= 4 is 15.9 Å². The van der Waals surface area contributed by atoms with Gasteiger partial charge in [0.15, 0.2) is 0 Å². The zero-order chi connectivity index (χ0) is 13.0. The van der Waals surface area contributed by atoms with Crippen molar-refractivity contribution in [3.63, 3.8) is 0 Å². The van der Waals surface area contributed by atoms with Crippen LogP contribution < -0.4 is 0 Å². The lowest BCUT2D eigenvalue weighted by Gasteiger charge is -2.33. The standard InChI is InChI=1S/C14H20BrNO2/c1-11-10-18-8-7-16(11)6-5-14(17)12-3-2-4-13(15)9-12/h2-4,9,11,14,17H,5-8,10H2,1H3. The number of ether oxygens (including phenoxy) is 1. The van der Waals surface area contributed by atoms with Crippen LogP contribution in [0.4, 0.5) is 0 Å². The third-order valence-electron chi connectivity index (χ3n) is 3.43. The number of hydrogen-bond donors (Lipinski definition) is 1. The van der Waals surface area contributed by atoms with Crippen molar-refractivity contribution in [1.82, 2.24) is 4.90 Å². The van der Waals surface area contributed by atoms with Crippen molar-refractivity contribution in [3.05, 3.63) is 34.3 Å². The summed E-state index contributed by atoms with van der Waals surface area (Å²) in [5, 5.41) is 10.2. The lowest BCUT2D eigenvalue weighted by Crippen LogP contribution is -2.44. The Bertz CT molecular complexity index is 386. The van der Waals surface area contributed by atoms with E-state index in [0.717, 1.165) is 42.8 Å². The molecule has 3 nitrogen and oxygen atoms in total. The molecule has 0 amide bonds. The fourth-order valence-corrected chi connectivity index (χ4v) is 2.68. The van der Waals surface area contributed by atoms with Crippen LogP contribution in [0.1, 0.15) is 25.0 Å². The molecule has 0 bridgehead atoms. The molecule has 0 saturated carbocycles. The summed E-state index contributed by atoms with van der Waals surface area (Å²) in [6, 6.07) is 8.33. The Balaban J connectivity index is 1.86. The maximum Gasteiger partial charge on any atom is 0.0802 e. The highest BCUT2D eigenvalue weighted by molar-refractivity contribution is 9.10. The lowest BCUT2D eigenvalue weighted by atomic mass is 10.1. The van der Waals surface area contributed by atoms with Gasteiger partial charge in [0, 0.05) is 23.6 Å². The van der Waals surface area contributed by atoms with Gasteiger partial charge in [0.1, 0.15) is 0 Å². The zero-order valence-corrected chi connectivity index (χ0v) is 12.3. The van der Waals surface area contributed by atoms with E-state index in [2.05, 4.69) is 27.8 Å².